The van der Waals surface area contributed by atoms with E-state index >= 15 is 0 Å². The molecule has 18 heavy (non-hydrogen) atoms. The molecule has 3 heteroatoms. The number of aliphatic hydroxyl groups is 1. The molecule has 0 fully saturated rings. The molecule has 0 unspecified atom stereocenters. The summed E-state index contributed by atoms with van der Waals surface area (Å²) in [5.74, 6) is 0.854. The molecular weight excluding hydrogens is 226 g/mol. The Labute approximate surface area is 105 Å². The van der Waals surface area contributed by atoms with Crippen molar-refractivity contribution in [3.05, 3.63) is 59.7 Å². The summed E-state index contributed by atoms with van der Waals surface area (Å²) in [6.45, 7) is 0. The molecule has 2 aromatic rings. The number of para-hydroxylation sites is 2. The minimum Gasteiger partial charge on any atom is -0.467 e. The van der Waals surface area contributed by atoms with E-state index in [-0.39, 0.29) is 0 Å². The number of nitrogens with one attached hydrogen (secondary N) is 1. The molecule has 2 aromatic carbocycles. The molecule has 90 valence electrons. The van der Waals surface area contributed by atoms with Crippen LogP contribution in [-0.4, -0.2) is 11.3 Å². The molecular formula is C15H13NO2. The minimum absolute atomic E-state index is 0.398. The topological polar surface area (TPSA) is 41.5 Å². The Bertz CT molecular complexity index is 625. The molecule has 2 N–H and O–H groups in total. The SMILES string of the molecule is O[C@@]12Cc3ccccc3O[C@@H]1Nc1ccccc12. The van der Waals surface area contributed by atoms with Crippen LogP contribution in [0.5, 0.6) is 5.75 Å². The van der Waals surface area contributed by atoms with Gasteiger partial charge < -0.3 is 15.2 Å². The van der Waals surface area contributed by atoms with Crippen LogP contribution in [0.3, 0.4) is 0 Å². The van der Waals surface area contributed by atoms with Crippen molar-refractivity contribution in [2.45, 2.75) is 18.2 Å². The van der Waals surface area contributed by atoms with Gasteiger partial charge in [-0.1, -0.05) is 36.4 Å². The molecule has 0 bridgehead atoms. The van der Waals surface area contributed by atoms with Gasteiger partial charge in [-0.05, 0) is 17.7 Å². The van der Waals surface area contributed by atoms with Crippen molar-refractivity contribution in [1.29, 1.82) is 0 Å². The second kappa shape index (κ2) is 3.27. The first-order valence-electron chi connectivity index (χ1n) is 6.10. The summed E-state index contributed by atoms with van der Waals surface area (Å²) in [7, 11) is 0. The van der Waals surface area contributed by atoms with Gasteiger partial charge in [-0.2, -0.15) is 0 Å². The lowest BCUT2D eigenvalue weighted by Gasteiger charge is -2.35. The fourth-order valence-corrected chi connectivity index (χ4v) is 2.89. The van der Waals surface area contributed by atoms with Crippen LogP contribution in [0.2, 0.25) is 0 Å². The standard InChI is InChI=1S/C15H13NO2/c17-15-9-10-5-1-4-8-13(10)18-14(15)16-12-7-3-2-6-11(12)15/h1-8,14,16-17H,9H2/t14-,15+/m0/s1. The average Bonchev–Trinajstić information content (AvgIpc) is 2.68. The molecule has 2 aliphatic rings. The Morgan fingerprint density at radius 3 is 2.83 bits per heavy atom. The van der Waals surface area contributed by atoms with Crippen LogP contribution in [0.4, 0.5) is 5.69 Å². The largest absolute Gasteiger partial charge is 0.467 e. The molecule has 0 radical (unpaired) electrons. The summed E-state index contributed by atoms with van der Waals surface area (Å²) in [5.41, 5.74) is 1.96. The number of fused-ring (bicyclic) bond motifs is 4. The van der Waals surface area contributed by atoms with Crippen molar-refractivity contribution in [2.75, 3.05) is 5.32 Å². The van der Waals surface area contributed by atoms with E-state index in [4.69, 9.17) is 4.74 Å². The Balaban J connectivity index is 1.86. The van der Waals surface area contributed by atoms with Crippen molar-refractivity contribution in [2.24, 2.45) is 0 Å². The average molecular weight is 239 g/mol. The molecule has 0 aromatic heterocycles. The summed E-state index contributed by atoms with van der Waals surface area (Å²) < 4.78 is 5.88. The van der Waals surface area contributed by atoms with E-state index in [1.807, 2.05) is 48.5 Å². The molecule has 0 spiro atoms. The Morgan fingerprint density at radius 2 is 1.89 bits per heavy atom. The van der Waals surface area contributed by atoms with E-state index in [9.17, 15) is 5.11 Å². The van der Waals surface area contributed by atoms with Crippen LogP contribution >= 0.6 is 0 Å². The lowest BCUT2D eigenvalue weighted by Crippen LogP contribution is -2.47. The molecule has 4 rings (SSSR count). The smallest absolute Gasteiger partial charge is 0.203 e. The molecule has 3 nitrogen and oxygen atoms in total. The molecule has 0 saturated carbocycles. The summed E-state index contributed by atoms with van der Waals surface area (Å²) in [6.07, 6.45) is 0.183. The molecule has 2 atom stereocenters. The molecule has 2 aliphatic heterocycles. The van der Waals surface area contributed by atoms with Gasteiger partial charge in [-0.3, -0.25) is 0 Å². The zero-order chi connectivity index (χ0) is 12.2. The van der Waals surface area contributed by atoms with Gasteiger partial charge in [-0.25, -0.2) is 0 Å². The maximum atomic E-state index is 10.9. The van der Waals surface area contributed by atoms with E-state index in [2.05, 4.69) is 5.32 Å². The first-order chi connectivity index (χ1) is 8.77. The fraction of sp³-hybridized carbons (Fsp3) is 0.200. The second-order valence-corrected chi connectivity index (χ2v) is 4.90. The highest BCUT2D eigenvalue weighted by atomic mass is 16.5. The van der Waals surface area contributed by atoms with Crippen molar-refractivity contribution < 1.29 is 9.84 Å². The minimum atomic E-state index is -0.967. The Hall–Kier alpha value is -2.00. The highest BCUT2D eigenvalue weighted by Crippen LogP contribution is 2.46. The number of ether oxygens (including phenoxy) is 1. The monoisotopic (exact) mass is 239 g/mol. The quantitative estimate of drug-likeness (QED) is 0.741. The van der Waals surface area contributed by atoms with Gasteiger partial charge in [0.2, 0.25) is 6.23 Å². The predicted octanol–water partition coefficient (Wildman–Crippen LogP) is 2.26. The Morgan fingerprint density at radius 1 is 1.11 bits per heavy atom. The lowest BCUT2D eigenvalue weighted by atomic mass is 9.85. The van der Waals surface area contributed by atoms with Crippen molar-refractivity contribution in [3.63, 3.8) is 0 Å². The zero-order valence-electron chi connectivity index (χ0n) is 9.76. The normalized spacial score (nSPS) is 27.5. The third kappa shape index (κ3) is 1.17. The van der Waals surface area contributed by atoms with E-state index in [1.165, 1.54) is 0 Å². The third-order valence-electron chi connectivity index (χ3n) is 3.79. The van der Waals surface area contributed by atoms with Crippen LogP contribution in [-0.2, 0) is 12.0 Å². The van der Waals surface area contributed by atoms with Crippen molar-refractivity contribution in [3.8, 4) is 5.75 Å². The maximum absolute atomic E-state index is 10.9. The molecule has 0 amide bonds. The highest BCUT2D eigenvalue weighted by molar-refractivity contribution is 5.62. The summed E-state index contributed by atoms with van der Waals surface area (Å²) in [5, 5.41) is 14.2. The Kier molecular flexibility index (Phi) is 1.81. The lowest BCUT2D eigenvalue weighted by molar-refractivity contribution is -0.0576. The van der Waals surface area contributed by atoms with Crippen LogP contribution < -0.4 is 10.1 Å². The van der Waals surface area contributed by atoms with Crippen molar-refractivity contribution >= 4 is 5.69 Å². The van der Waals surface area contributed by atoms with Gasteiger partial charge >= 0.3 is 0 Å². The highest BCUT2D eigenvalue weighted by Gasteiger charge is 2.50. The van der Waals surface area contributed by atoms with Crippen LogP contribution in [0.15, 0.2) is 48.5 Å². The number of anilines is 1. The number of benzene rings is 2. The van der Waals surface area contributed by atoms with E-state index in [1.54, 1.807) is 0 Å². The number of hydrogen-bond acceptors (Lipinski definition) is 3. The van der Waals surface area contributed by atoms with Gasteiger partial charge in [0.25, 0.3) is 0 Å². The summed E-state index contributed by atoms with van der Waals surface area (Å²) >= 11 is 0. The van der Waals surface area contributed by atoms with Crippen LogP contribution in [0.1, 0.15) is 11.1 Å². The molecule has 0 aliphatic carbocycles. The van der Waals surface area contributed by atoms with E-state index < -0.39 is 11.8 Å². The zero-order valence-corrected chi connectivity index (χ0v) is 9.76. The summed E-state index contributed by atoms with van der Waals surface area (Å²) in [4.78, 5) is 0. The first kappa shape index (κ1) is 9.97. The van der Waals surface area contributed by atoms with Gasteiger partial charge in [-0.15, -0.1) is 0 Å². The van der Waals surface area contributed by atoms with E-state index in [0.717, 1.165) is 22.6 Å². The van der Waals surface area contributed by atoms with Gasteiger partial charge in [0.05, 0.1) is 0 Å². The number of hydrogen-bond donors (Lipinski definition) is 2. The van der Waals surface area contributed by atoms with Crippen LogP contribution in [0, 0.1) is 0 Å². The molecule has 2 heterocycles. The van der Waals surface area contributed by atoms with Gasteiger partial charge in [0, 0.05) is 17.7 Å². The first-order valence-corrected chi connectivity index (χ1v) is 6.10. The van der Waals surface area contributed by atoms with Crippen molar-refractivity contribution in [1.82, 2.24) is 0 Å². The van der Waals surface area contributed by atoms with Crippen LogP contribution in [0.25, 0.3) is 0 Å². The van der Waals surface area contributed by atoms with Gasteiger partial charge in [0.1, 0.15) is 5.75 Å². The second-order valence-electron chi connectivity index (χ2n) is 4.90. The maximum Gasteiger partial charge on any atom is 0.203 e. The molecule has 0 saturated heterocycles. The number of rotatable bonds is 0. The predicted molar refractivity (Wildman–Crippen MR) is 68.5 cm³/mol. The fourth-order valence-electron chi connectivity index (χ4n) is 2.89. The third-order valence-corrected chi connectivity index (χ3v) is 3.79. The van der Waals surface area contributed by atoms with Gasteiger partial charge in [0.15, 0.2) is 5.60 Å². The summed E-state index contributed by atoms with van der Waals surface area (Å²) in [6, 6.07) is 15.7. The van der Waals surface area contributed by atoms with E-state index in [0.29, 0.717) is 6.42 Å².